The van der Waals surface area contributed by atoms with Crippen LogP contribution in [0.4, 0.5) is 5.69 Å². The number of halogens is 1. The van der Waals surface area contributed by atoms with E-state index in [4.69, 9.17) is 16.3 Å². The molecule has 7 heteroatoms. The molecule has 27 heavy (non-hydrogen) atoms. The number of thioether (sulfide) groups is 1. The maximum absolute atomic E-state index is 13.0. The summed E-state index contributed by atoms with van der Waals surface area (Å²) in [6.07, 6.45) is 3.93. The molecule has 1 aromatic carbocycles. The van der Waals surface area contributed by atoms with Gasteiger partial charge < -0.3 is 4.74 Å². The Morgan fingerprint density at radius 3 is 2.48 bits per heavy atom. The van der Waals surface area contributed by atoms with Gasteiger partial charge in [0.05, 0.1) is 18.6 Å². The van der Waals surface area contributed by atoms with Crippen LogP contribution in [0.2, 0.25) is 5.02 Å². The fourth-order valence-corrected chi connectivity index (χ4v) is 4.50. The second kappa shape index (κ2) is 9.60. The van der Waals surface area contributed by atoms with Crippen LogP contribution < -0.4 is 4.90 Å². The van der Waals surface area contributed by atoms with Crippen LogP contribution >= 0.6 is 23.4 Å². The summed E-state index contributed by atoms with van der Waals surface area (Å²) in [6, 6.07) is 2.76. The number of methoxy groups -OCH3 is 1. The predicted octanol–water partition coefficient (Wildman–Crippen LogP) is 4.30. The molecule has 0 bridgehead atoms. The third kappa shape index (κ3) is 5.05. The third-order valence-corrected chi connectivity index (χ3v) is 6.45. The number of hydrogen-bond acceptors (Lipinski definition) is 5. The number of amides is 1. The van der Waals surface area contributed by atoms with E-state index in [0.717, 1.165) is 43.0 Å². The molecule has 5 nitrogen and oxygen atoms in total. The van der Waals surface area contributed by atoms with Gasteiger partial charge in [-0.3, -0.25) is 14.5 Å². The van der Waals surface area contributed by atoms with Gasteiger partial charge in [-0.15, -0.1) is 0 Å². The summed E-state index contributed by atoms with van der Waals surface area (Å²) in [5.74, 6) is -0.793. The van der Waals surface area contributed by atoms with E-state index in [9.17, 15) is 14.4 Å². The molecule has 2 rings (SSSR count). The molecular formula is C20H26ClNO4S. The first-order valence-corrected chi connectivity index (χ1v) is 10.5. The van der Waals surface area contributed by atoms with Gasteiger partial charge in [0.15, 0.2) is 5.12 Å². The van der Waals surface area contributed by atoms with Crippen molar-refractivity contribution >= 4 is 46.0 Å². The van der Waals surface area contributed by atoms with Gasteiger partial charge >= 0.3 is 5.97 Å². The molecule has 0 aliphatic heterocycles. The van der Waals surface area contributed by atoms with Crippen molar-refractivity contribution in [1.29, 1.82) is 0 Å². The van der Waals surface area contributed by atoms with Gasteiger partial charge in [-0.2, -0.15) is 0 Å². The Morgan fingerprint density at radius 2 is 1.89 bits per heavy atom. The maximum Gasteiger partial charge on any atom is 0.328 e. The average molecular weight is 412 g/mol. The van der Waals surface area contributed by atoms with Crippen LogP contribution in [0.25, 0.3) is 0 Å². The zero-order chi connectivity index (χ0) is 20.1. The molecular weight excluding hydrogens is 386 g/mol. The Kier molecular flexibility index (Phi) is 7.74. The predicted molar refractivity (Wildman–Crippen MR) is 109 cm³/mol. The molecule has 1 aliphatic rings. The van der Waals surface area contributed by atoms with Crippen molar-refractivity contribution in [3.05, 3.63) is 28.3 Å². The molecule has 148 valence electrons. The van der Waals surface area contributed by atoms with E-state index in [2.05, 4.69) is 0 Å². The number of nitrogens with zero attached hydrogens (tertiary/aromatic N) is 1. The number of aryl methyl sites for hydroxylation is 1. The van der Waals surface area contributed by atoms with Crippen molar-refractivity contribution in [2.45, 2.75) is 52.5 Å². The second-order valence-corrected chi connectivity index (χ2v) is 8.28. The Labute approximate surface area is 169 Å². The molecule has 1 aromatic rings. The lowest BCUT2D eigenvalue weighted by molar-refractivity contribution is -0.142. The molecule has 0 spiro atoms. The molecule has 1 atom stereocenters. The smallest absolute Gasteiger partial charge is 0.328 e. The first-order valence-electron chi connectivity index (χ1n) is 9.10. The molecule has 0 N–H and O–H groups in total. The molecule has 0 aromatic heterocycles. The Balaban J connectivity index is 2.27. The topological polar surface area (TPSA) is 63.7 Å². The molecule has 0 unspecified atom stereocenters. The van der Waals surface area contributed by atoms with Crippen LogP contribution in [-0.4, -0.2) is 35.9 Å². The van der Waals surface area contributed by atoms with Gasteiger partial charge in [0.2, 0.25) is 5.91 Å². The van der Waals surface area contributed by atoms with E-state index in [1.165, 1.54) is 12.0 Å². The van der Waals surface area contributed by atoms with Gasteiger partial charge in [-0.1, -0.05) is 42.3 Å². The number of carbonyl (C=O) groups is 3. The van der Waals surface area contributed by atoms with Gasteiger partial charge in [0.1, 0.15) is 6.04 Å². The lowest BCUT2D eigenvalue weighted by atomic mass is 10.1. The second-order valence-electron chi connectivity index (χ2n) is 6.89. The number of carbonyl (C=O) groups excluding carboxylic acids is 3. The number of benzene rings is 1. The molecule has 0 saturated heterocycles. The van der Waals surface area contributed by atoms with Gasteiger partial charge in [0, 0.05) is 10.9 Å². The number of anilines is 1. The summed E-state index contributed by atoms with van der Waals surface area (Å²) >= 11 is 7.30. The van der Waals surface area contributed by atoms with Crippen molar-refractivity contribution in [3.63, 3.8) is 0 Å². The summed E-state index contributed by atoms with van der Waals surface area (Å²) in [4.78, 5) is 39.0. The van der Waals surface area contributed by atoms with Crippen LogP contribution in [0.5, 0.6) is 0 Å². The number of ether oxygens (including phenoxy) is 1. The maximum atomic E-state index is 13.0. The molecule has 1 aliphatic carbocycles. The highest BCUT2D eigenvalue weighted by atomic mass is 35.5. The quantitative estimate of drug-likeness (QED) is 0.653. The largest absolute Gasteiger partial charge is 0.467 e. The van der Waals surface area contributed by atoms with E-state index in [0.29, 0.717) is 16.3 Å². The van der Waals surface area contributed by atoms with Crippen molar-refractivity contribution in [2.75, 3.05) is 17.8 Å². The van der Waals surface area contributed by atoms with Crippen LogP contribution in [-0.2, 0) is 19.1 Å². The minimum Gasteiger partial charge on any atom is -0.467 e. The number of hydrogen-bond donors (Lipinski definition) is 0. The van der Waals surface area contributed by atoms with E-state index < -0.39 is 12.0 Å². The lowest BCUT2D eigenvalue weighted by Gasteiger charge is -2.30. The van der Waals surface area contributed by atoms with E-state index in [1.807, 2.05) is 19.9 Å². The fraction of sp³-hybridized carbons (Fsp3) is 0.550. The number of esters is 1. The summed E-state index contributed by atoms with van der Waals surface area (Å²) in [5, 5.41) is 0.575. The van der Waals surface area contributed by atoms with Crippen molar-refractivity contribution in [3.8, 4) is 0 Å². The molecule has 1 amide bonds. The van der Waals surface area contributed by atoms with Crippen molar-refractivity contribution < 1.29 is 19.1 Å². The van der Waals surface area contributed by atoms with Crippen molar-refractivity contribution in [2.24, 2.45) is 5.92 Å². The third-order valence-electron chi connectivity index (χ3n) is 5.03. The Morgan fingerprint density at radius 1 is 1.26 bits per heavy atom. The van der Waals surface area contributed by atoms with Crippen LogP contribution in [0.3, 0.4) is 0 Å². The summed E-state index contributed by atoms with van der Waals surface area (Å²) in [6.45, 7) is 5.29. The van der Waals surface area contributed by atoms with E-state index in [-0.39, 0.29) is 22.7 Å². The monoisotopic (exact) mass is 411 g/mol. The standard InChI is InChI=1S/C20H26ClNO4S/c1-12-9-10-16(21)13(2)18(12)22(14(3)19(24)26-4)17(23)11-27-20(25)15-7-5-6-8-15/h9-10,14-15H,5-8,11H2,1-4H3/t14-/m0/s1. The van der Waals surface area contributed by atoms with E-state index >= 15 is 0 Å². The summed E-state index contributed by atoms with van der Waals surface area (Å²) < 4.78 is 4.84. The first kappa shape index (κ1) is 21.8. The van der Waals surface area contributed by atoms with Crippen LogP contribution in [0, 0.1) is 19.8 Å². The Hall–Kier alpha value is -1.53. The lowest BCUT2D eigenvalue weighted by Crippen LogP contribution is -2.46. The number of rotatable bonds is 6. The minimum absolute atomic E-state index is 0.0118. The first-order chi connectivity index (χ1) is 12.8. The summed E-state index contributed by atoms with van der Waals surface area (Å²) in [7, 11) is 1.29. The molecule has 0 heterocycles. The van der Waals surface area contributed by atoms with Gasteiger partial charge in [-0.25, -0.2) is 4.79 Å². The molecule has 0 radical (unpaired) electrons. The van der Waals surface area contributed by atoms with Crippen LogP contribution in [0.15, 0.2) is 12.1 Å². The Bertz CT molecular complexity index is 731. The highest BCUT2D eigenvalue weighted by Crippen LogP contribution is 2.33. The van der Waals surface area contributed by atoms with Gasteiger partial charge in [0.25, 0.3) is 0 Å². The average Bonchev–Trinajstić information content (AvgIpc) is 3.19. The SMILES string of the molecule is COC(=O)[C@H](C)N(C(=O)CSC(=O)C1CCCC1)c1c(C)ccc(Cl)c1C. The highest BCUT2D eigenvalue weighted by molar-refractivity contribution is 8.14. The minimum atomic E-state index is -0.819. The fourth-order valence-electron chi connectivity index (χ4n) is 3.47. The zero-order valence-electron chi connectivity index (χ0n) is 16.2. The van der Waals surface area contributed by atoms with Crippen molar-refractivity contribution in [1.82, 2.24) is 0 Å². The van der Waals surface area contributed by atoms with E-state index in [1.54, 1.807) is 13.0 Å². The van der Waals surface area contributed by atoms with Crippen LogP contribution in [0.1, 0.15) is 43.7 Å². The normalized spacial score (nSPS) is 15.4. The summed E-state index contributed by atoms with van der Waals surface area (Å²) in [5.41, 5.74) is 2.14. The van der Waals surface area contributed by atoms with Gasteiger partial charge in [-0.05, 0) is 50.8 Å². The zero-order valence-corrected chi connectivity index (χ0v) is 17.8. The molecule has 1 fully saturated rings. The highest BCUT2D eigenvalue weighted by Gasteiger charge is 2.32. The molecule has 1 saturated carbocycles.